The normalized spacial score (nSPS) is 11.9. The van der Waals surface area contributed by atoms with Crippen molar-refractivity contribution in [2.24, 2.45) is 0 Å². The molecule has 3 aromatic rings. The summed E-state index contributed by atoms with van der Waals surface area (Å²) in [6, 6.07) is 10.3. The maximum atomic E-state index is 11.8. The van der Waals surface area contributed by atoms with Gasteiger partial charge in [-0.3, -0.25) is 0 Å². The number of nitrogen functional groups attached to an aromatic ring is 1. The van der Waals surface area contributed by atoms with Gasteiger partial charge in [0.1, 0.15) is 0 Å². The average molecular weight is 303 g/mol. The number of pyridine rings is 1. The van der Waals surface area contributed by atoms with Gasteiger partial charge < -0.3 is 5.73 Å². The predicted molar refractivity (Wildman–Crippen MR) is 79.1 cm³/mol. The van der Waals surface area contributed by atoms with Gasteiger partial charge in [-0.1, -0.05) is 12.1 Å². The highest BCUT2D eigenvalue weighted by Gasteiger charge is 2.12. The van der Waals surface area contributed by atoms with E-state index in [2.05, 4.69) is 14.8 Å². The van der Waals surface area contributed by atoms with Crippen LogP contribution in [0.15, 0.2) is 47.5 Å². The van der Waals surface area contributed by atoms with Crippen LogP contribution in [0.2, 0.25) is 0 Å². The van der Waals surface area contributed by atoms with E-state index < -0.39 is 10.0 Å². The van der Waals surface area contributed by atoms with Crippen LogP contribution in [-0.2, 0) is 10.0 Å². The van der Waals surface area contributed by atoms with Crippen molar-refractivity contribution in [3.63, 3.8) is 0 Å². The molecule has 0 fully saturated rings. The van der Waals surface area contributed by atoms with Gasteiger partial charge in [-0.2, -0.15) is 4.98 Å². The first-order chi connectivity index (χ1) is 9.99. The third-order valence-corrected chi connectivity index (χ3v) is 4.51. The number of rotatable bonds is 3. The Hall–Kier alpha value is -2.45. The lowest BCUT2D eigenvalue weighted by Gasteiger charge is -2.06. The molecule has 8 heteroatoms. The molecule has 0 bridgehead atoms. The fraction of sp³-hybridized carbons (Fsp3) is 0.0769. The number of hydrogen-bond acceptors (Lipinski definition) is 5. The highest BCUT2D eigenvalue weighted by Crippen LogP contribution is 2.22. The lowest BCUT2D eigenvalue weighted by molar-refractivity contribution is 0.588. The Bertz CT molecular complexity index is 917. The van der Waals surface area contributed by atoms with Crippen molar-refractivity contribution in [3.8, 4) is 11.1 Å². The molecule has 0 aliphatic heterocycles. The third kappa shape index (κ3) is 2.46. The van der Waals surface area contributed by atoms with Crippen LogP contribution in [0, 0.1) is 0 Å². The third-order valence-electron chi connectivity index (χ3n) is 3.09. The van der Waals surface area contributed by atoms with Gasteiger partial charge in [0.15, 0.2) is 5.65 Å². The van der Waals surface area contributed by atoms with Gasteiger partial charge in [-0.05, 0) is 36.9 Å². The molecule has 7 nitrogen and oxygen atoms in total. The molecule has 0 aliphatic rings. The number of fused-ring (bicyclic) bond motifs is 1. The van der Waals surface area contributed by atoms with Crippen molar-refractivity contribution in [2.75, 3.05) is 12.8 Å². The molecule has 2 heterocycles. The van der Waals surface area contributed by atoms with E-state index in [4.69, 9.17) is 5.73 Å². The van der Waals surface area contributed by atoms with Gasteiger partial charge >= 0.3 is 0 Å². The standard InChI is InChI=1S/C13H13N5O2S/c1-15-21(19,20)11-4-2-3-9(7-11)10-5-6-12-16-13(14)17-18(12)8-10/h2-8,15H,1H3,(H2,14,17). The molecule has 0 atom stereocenters. The van der Waals surface area contributed by atoms with E-state index in [-0.39, 0.29) is 10.8 Å². The lowest BCUT2D eigenvalue weighted by Crippen LogP contribution is -2.18. The van der Waals surface area contributed by atoms with Crippen LogP contribution in [0.25, 0.3) is 16.8 Å². The maximum absolute atomic E-state index is 11.8. The SMILES string of the molecule is CNS(=O)(=O)c1cccc(-c2ccc3nc(N)nn3c2)c1. The first-order valence-electron chi connectivity index (χ1n) is 6.15. The molecule has 0 spiro atoms. The number of anilines is 1. The van der Waals surface area contributed by atoms with Crippen LogP contribution in [0.3, 0.4) is 0 Å². The number of nitrogens with one attached hydrogen (secondary N) is 1. The molecule has 108 valence electrons. The molecule has 0 saturated heterocycles. The smallest absolute Gasteiger partial charge is 0.240 e. The lowest BCUT2D eigenvalue weighted by atomic mass is 10.1. The van der Waals surface area contributed by atoms with Gasteiger partial charge in [0.05, 0.1) is 4.90 Å². The number of nitrogens with zero attached hydrogens (tertiary/aromatic N) is 3. The number of benzene rings is 1. The zero-order valence-corrected chi connectivity index (χ0v) is 12.0. The molecule has 0 amide bonds. The van der Waals surface area contributed by atoms with E-state index in [1.807, 2.05) is 12.1 Å². The van der Waals surface area contributed by atoms with Crippen molar-refractivity contribution >= 4 is 21.6 Å². The fourth-order valence-corrected chi connectivity index (χ4v) is 2.81. The van der Waals surface area contributed by atoms with Crippen molar-refractivity contribution < 1.29 is 8.42 Å². The van der Waals surface area contributed by atoms with E-state index >= 15 is 0 Å². The quantitative estimate of drug-likeness (QED) is 0.748. The second-order valence-electron chi connectivity index (χ2n) is 4.43. The average Bonchev–Trinajstić information content (AvgIpc) is 2.86. The Labute approximate surface area is 121 Å². The van der Waals surface area contributed by atoms with Crippen molar-refractivity contribution in [2.45, 2.75) is 4.90 Å². The summed E-state index contributed by atoms with van der Waals surface area (Å²) in [4.78, 5) is 4.25. The minimum Gasteiger partial charge on any atom is -0.366 e. The van der Waals surface area contributed by atoms with Crippen LogP contribution in [0.5, 0.6) is 0 Å². The molecule has 3 rings (SSSR count). The van der Waals surface area contributed by atoms with Gasteiger partial charge in [-0.25, -0.2) is 17.7 Å². The summed E-state index contributed by atoms with van der Waals surface area (Å²) in [6.07, 6.45) is 1.75. The zero-order chi connectivity index (χ0) is 15.0. The Morgan fingerprint density at radius 3 is 2.76 bits per heavy atom. The molecule has 0 unspecified atom stereocenters. The summed E-state index contributed by atoms with van der Waals surface area (Å²) >= 11 is 0. The number of nitrogens with two attached hydrogens (primary N) is 1. The Balaban J connectivity index is 2.12. The number of hydrogen-bond donors (Lipinski definition) is 2. The second-order valence-corrected chi connectivity index (χ2v) is 6.31. The number of aromatic nitrogens is 3. The molecule has 21 heavy (non-hydrogen) atoms. The summed E-state index contributed by atoms with van der Waals surface area (Å²) in [6.45, 7) is 0. The first-order valence-corrected chi connectivity index (χ1v) is 7.64. The van der Waals surface area contributed by atoms with Crippen molar-refractivity contribution in [1.29, 1.82) is 0 Å². The van der Waals surface area contributed by atoms with Crippen LogP contribution in [0.1, 0.15) is 0 Å². The van der Waals surface area contributed by atoms with E-state index in [9.17, 15) is 8.42 Å². The fourth-order valence-electron chi connectivity index (χ4n) is 2.03. The summed E-state index contributed by atoms with van der Waals surface area (Å²) in [7, 11) is -2.09. The van der Waals surface area contributed by atoms with E-state index in [0.29, 0.717) is 5.65 Å². The topological polar surface area (TPSA) is 102 Å². The van der Waals surface area contributed by atoms with E-state index in [1.54, 1.807) is 35.0 Å². The minimum atomic E-state index is -3.47. The van der Waals surface area contributed by atoms with Gasteiger partial charge in [0.25, 0.3) is 0 Å². The minimum absolute atomic E-state index is 0.193. The van der Waals surface area contributed by atoms with Gasteiger partial charge in [0, 0.05) is 11.8 Å². The zero-order valence-electron chi connectivity index (χ0n) is 11.2. The molecule has 1 aromatic carbocycles. The highest BCUT2D eigenvalue weighted by atomic mass is 32.2. The Morgan fingerprint density at radius 1 is 1.19 bits per heavy atom. The molecular weight excluding hydrogens is 290 g/mol. The Morgan fingerprint density at radius 2 is 2.00 bits per heavy atom. The first kappa shape index (κ1) is 13.5. The number of sulfonamides is 1. The van der Waals surface area contributed by atoms with Crippen LogP contribution in [-0.4, -0.2) is 30.1 Å². The predicted octanol–water partition coefficient (Wildman–Crippen LogP) is 0.887. The van der Waals surface area contributed by atoms with Crippen molar-refractivity contribution in [3.05, 3.63) is 42.6 Å². The monoisotopic (exact) mass is 303 g/mol. The highest BCUT2D eigenvalue weighted by molar-refractivity contribution is 7.89. The van der Waals surface area contributed by atoms with Gasteiger partial charge in [-0.15, -0.1) is 5.10 Å². The largest absolute Gasteiger partial charge is 0.366 e. The summed E-state index contributed by atoms with van der Waals surface area (Å²) < 4.78 is 27.5. The maximum Gasteiger partial charge on any atom is 0.240 e. The van der Waals surface area contributed by atoms with Gasteiger partial charge in [0.2, 0.25) is 16.0 Å². The van der Waals surface area contributed by atoms with Crippen LogP contribution in [0.4, 0.5) is 5.95 Å². The van der Waals surface area contributed by atoms with Crippen LogP contribution >= 0.6 is 0 Å². The molecule has 0 radical (unpaired) electrons. The molecule has 0 saturated carbocycles. The second kappa shape index (κ2) is 4.83. The summed E-state index contributed by atoms with van der Waals surface area (Å²) in [5.74, 6) is 0.193. The summed E-state index contributed by atoms with van der Waals surface area (Å²) in [5, 5.41) is 4.04. The summed E-state index contributed by atoms with van der Waals surface area (Å²) in [5.41, 5.74) is 7.77. The van der Waals surface area contributed by atoms with Crippen LogP contribution < -0.4 is 10.5 Å². The van der Waals surface area contributed by atoms with E-state index in [1.165, 1.54) is 7.05 Å². The molecule has 3 N–H and O–H groups in total. The van der Waals surface area contributed by atoms with E-state index in [0.717, 1.165) is 11.1 Å². The molecule has 0 aliphatic carbocycles. The molecule has 2 aromatic heterocycles. The Kier molecular flexibility index (Phi) is 3.11. The molecular formula is C13H13N5O2S. The van der Waals surface area contributed by atoms with Crippen molar-refractivity contribution in [1.82, 2.24) is 19.3 Å².